The van der Waals surface area contributed by atoms with Gasteiger partial charge >= 0.3 is 0 Å². The number of nitrogens with zero attached hydrogens (tertiary/aromatic N) is 2. The molecular formula is C22H29N3O2. The van der Waals surface area contributed by atoms with Crippen LogP contribution in [-0.2, 0) is 12.8 Å². The number of nitrogens with two attached hydrogens (primary N) is 1. The van der Waals surface area contributed by atoms with E-state index >= 15 is 0 Å². The summed E-state index contributed by atoms with van der Waals surface area (Å²) in [5.41, 5.74) is 12.0. The Morgan fingerprint density at radius 3 is 2.59 bits per heavy atom. The number of piperazine rings is 1. The molecule has 27 heavy (non-hydrogen) atoms. The molecule has 5 heteroatoms. The number of benzene rings is 2. The molecule has 1 saturated heterocycles. The van der Waals surface area contributed by atoms with Crippen LogP contribution in [0.1, 0.15) is 16.7 Å². The maximum absolute atomic E-state index is 10.7. The van der Waals surface area contributed by atoms with Crippen LogP contribution < -0.4 is 15.4 Å². The fourth-order valence-corrected chi connectivity index (χ4v) is 4.53. The maximum Gasteiger partial charge on any atom is 0.120 e. The van der Waals surface area contributed by atoms with Crippen molar-refractivity contribution >= 4 is 11.4 Å². The van der Waals surface area contributed by atoms with Gasteiger partial charge in [0.05, 0.1) is 13.2 Å². The number of anilines is 2. The number of nitrogen functional groups attached to an aromatic ring is 1. The lowest BCUT2D eigenvalue weighted by Gasteiger charge is -2.44. The van der Waals surface area contributed by atoms with Crippen LogP contribution in [0.4, 0.5) is 11.4 Å². The molecule has 0 spiro atoms. The van der Waals surface area contributed by atoms with Gasteiger partial charge in [-0.15, -0.1) is 0 Å². The monoisotopic (exact) mass is 367 g/mol. The Kier molecular flexibility index (Phi) is 4.98. The lowest BCUT2D eigenvalue weighted by atomic mass is 9.84. The predicted octanol–water partition coefficient (Wildman–Crippen LogP) is 2.24. The van der Waals surface area contributed by atoms with E-state index in [1.54, 1.807) is 7.11 Å². The molecule has 4 rings (SSSR count). The average Bonchev–Trinajstić information content (AvgIpc) is 2.68. The van der Waals surface area contributed by atoms with Crippen molar-refractivity contribution in [3.05, 3.63) is 53.1 Å². The van der Waals surface area contributed by atoms with Crippen molar-refractivity contribution in [1.29, 1.82) is 0 Å². The van der Waals surface area contributed by atoms with Gasteiger partial charge in [0, 0.05) is 56.1 Å². The third kappa shape index (κ3) is 3.49. The molecule has 144 valence electrons. The molecule has 1 aliphatic heterocycles. The van der Waals surface area contributed by atoms with Crippen LogP contribution in [0.2, 0.25) is 0 Å². The van der Waals surface area contributed by atoms with E-state index in [4.69, 9.17) is 10.5 Å². The molecular weight excluding hydrogens is 338 g/mol. The van der Waals surface area contributed by atoms with Gasteiger partial charge in [-0.1, -0.05) is 18.2 Å². The first-order valence-corrected chi connectivity index (χ1v) is 9.74. The van der Waals surface area contributed by atoms with Crippen molar-refractivity contribution < 1.29 is 9.84 Å². The zero-order valence-electron chi connectivity index (χ0n) is 16.2. The molecule has 2 aliphatic rings. The molecule has 0 amide bonds. The summed E-state index contributed by atoms with van der Waals surface area (Å²) in [6.07, 6.45) is 1.20. The van der Waals surface area contributed by atoms with Gasteiger partial charge in [-0.05, 0) is 42.2 Å². The number of aryl methyl sites for hydroxylation is 1. The Morgan fingerprint density at radius 1 is 1.07 bits per heavy atom. The lowest BCUT2D eigenvalue weighted by molar-refractivity contribution is 0.0396. The molecule has 1 aliphatic carbocycles. The van der Waals surface area contributed by atoms with Gasteiger partial charge in [-0.3, -0.25) is 4.90 Å². The van der Waals surface area contributed by atoms with Crippen molar-refractivity contribution in [3.63, 3.8) is 0 Å². The van der Waals surface area contributed by atoms with E-state index in [-0.39, 0.29) is 12.1 Å². The number of ether oxygens (including phenoxy) is 1. The predicted molar refractivity (Wildman–Crippen MR) is 110 cm³/mol. The highest BCUT2D eigenvalue weighted by Crippen LogP contribution is 2.31. The van der Waals surface area contributed by atoms with E-state index in [2.05, 4.69) is 34.9 Å². The molecule has 2 atom stereocenters. The number of methoxy groups -OCH3 is 1. The standard InChI is InChI=1S/C22H29N3O2/c1-15-6-7-17(27-2)13-20(15)24-8-10-25(11-9-24)21-14-18-16(12-22(21)26)4-3-5-19(18)23/h3-7,13,21-22,26H,8-12,14,23H2,1-2H3/t21-,22-/m1/s1. The largest absolute Gasteiger partial charge is 0.497 e. The SMILES string of the molecule is COc1ccc(C)c(N2CCN([C@@H]3Cc4c(N)cccc4C[C@H]3O)CC2)c1. The van der Waals surface area contributed by atoms with E-state index in [9.17, 15) is 5.11 Å². The van der Waals surface area contributed by atoms with E-state index in [1.165, 1.54) is 22.4 Å². The number of aliphatic hydroxyl groups is 1. The number of rotatable bonds is 3. The zero-order valence-corrected chi connectivity index (χ0v) is 16.2. The van der Waals surface area contributed by atoms with E-state index in [1.807, 2.05) is 18.2 Å². The van der Waals surface area contributed by atoms with Gasteiger partial charge in [-0.2, -0.15) is 0 Å². The highest BCUT2D eigenvalue weighted by atomic mass is 16.5. The summed E-state index contributed by atoms with van der Waals surface area (Å²) in [5.74, 6) is 0.896. The first-order chi connectivity index (χ1) is 13.1. The Labute approximate surface area is 161 Å². The minimum atomic E-state index is -0.329. The molecule has 0 saturated carbocycles. The van der Waals surface area contributed by atoms with Crippen molar-refractivity contribution in [1.82, 2.24) is 4.90 Å². The second-order valence-electron chi connectivity index (χ2n) is 7.70. The van der Waals surface area contributed by atoms with Gasteiger partial charge in [0.15, 0.2) is 0 Å². The Morgan fingerprint density at radius 2 is 1.85 bits per heavy atom. The quantitative estimate of drug-likeness (QED) is 0.815. The van der Waals surface area contributed by atoms with Crippen LogP contribution in [0.5, 0.6) is 5.75 Å². The fourth-order valence-electron chi connectivity index (χ4n) is 4.53. The molecule has 0 aromatic heterocycles. The molecule has 0 radical (unpaired) electrons. The summed E-state index contributed by atoms with van der Waals surface area (Å²) in [7, 11) is 1.71. The molecule has 0 bridgehead atoms. The van der Waals surface area contributed by atoms with Gasteiger partial charge in [-0.25, -0.2) is 0 Å². The Hall–Kier alpha value is -2.24. The molecule has 2 aromatic carbocycles. The second kappa shape index (κ2) is 7.41. The average molecular weight is 367 g/mol. The summed E-state index contributed by atoms with van der Waals surface area (Å²) in [5, 5.41) is 10.7. The number of aliphatic hydroxyl groups excluding tert-OH is 1. The van der Waals surface area contributed by atoms with E-state index in [0.717, 1.165) is 44.0 Å². The van der Waals surface area contributed by atoms with Crippen molar-refractivity contribution in [2.45, 2.75) is 31.9 Å². The molecule has 3 N–H and O–H groups in total. The van der Waals surface area contributed by atoms with Gasteiger partial charge in [0.1, 0.15) is 5.75 Å². The Bertz CT molecular complexity index is 815. The summed E-state index contributed by atoms with van der Waals surface area (Å²) in [6.45, 7) is 5.94. The normalized spacial score (nSPS) is 23.1. The summed E-state index contributed by atoms with van der Waals surface area (Å²) in [6, 6.07) is 12.4. The second-order valence-corrected chi connectivity index (χ2v) is 7.70. The molecule has 1 heterocycles. The minimum Gasteiger partial charge on any atom is -0.497 e. The summed E-state index contributed by atoms with van der Waals surface area (Å²) >= 11 is 0. The first kappa shape index (κ1) is 18.1. The summed E-state index contributed by atoms with van der Waals surface area (Å²) < 4.78 is 5.39. The molecule has 5 nitrogen and oxygen atoms in total. The first-order valence-electron chi connectivity index (χ1n) is 9.74. The van der Waals surface area contributed by atoms with E-state index in [0.29, 0.717) is 6.42 Å². The van der Waals surface area contributed by atoms with Crippen molar-refractivity contribution in [3.8, 4) is 5.75 Å². The van der Waals surface area contributed by atoms with Gasteiger partial charge in [0.25, 0.3) is 0 Å². The molecule has 0 unspecified atom stereocenters. The number of fused-ring (bicyclic) bond motifs is 1. The smallest absolute Gasteiger partial charge is 0.120 e. The summed E-state index contributed by atoms with van der Waals surface area (Å²) in [4.78, 5) is 4.86. The van der Waals surface area contributed by atoms with Crippen LogP contribution in [0, 0.1) is 6.92 Å². The Balaban J connectivity index is 1.46. The third-order valence-corrected chi connectivity index (χ3v) is 6.14. The van der Waals surface area contributed by atoms with Crippen molar-refractivity contribution in [2.75, 3.05) is 43.9 Å². The highest BCUT2D eigenvalue weighted by Gasteiger charge is 2.34. The zero-order chi connectivity index (χ0) is 19.0. The van der Waals surface area contributed by atoms with Crippen LogP contribution in [0.25, 0.3) is 0 Å². The number of hydrogen-bond donors (Lipinski definition) is 2. The topological polar surface area (TPSA) is 62.0 Å². The fraction of sp³-hybridized carbons (Fsp3) is 0.455. The third-order valence-electron chi connectivity index (χ3n) is 6.14. The molecule has 1 fully saturated rings. The lowest BCUT2D eigenvalue weighted by Crippen LogP contribution is -2.56. The van der Waals surface area contributed by atoms with Gasteiger partial charge in [0.2, 0.25) is 0 Å². The minimum absolute atomic E-state index is 0.149. The molecule has 2 aromatic rings. The van der Waals surface area contributed by atoms with Crippen LogP contribution >= 0.6 is 0 Å². The highest BCUT2D eigenvalue weighted by molar-refractivity contribution is 5.57. The van der Waals surface area contributed by atoms with Gasteiger partial charge < -0.3 is 20.5 Å². The number of hydrogen-bond acceptors (Lipinski definition) is 5. The van der Waals surface area contributed by atoms with Crippen LogP contribution in [-0.4, -0.2) is 55.4 Å². The van der Waals surface area contributed by atoms with E-state index < -0.39 is 0 Å². The maximum atomic E-state index is 10.7. The van der Waals surface area contributed by atoms with Crippen LogP contribution in [0.15, 0.2) is 36.4 Å². The van der Waals surface area contributed by atoms with Crippen molar-refractivity contribution in [2.24, 2.45) is 0 Å². The van der Waals surface area contributed by atoms with Crippen LogP contribution in [0.3, 0.4) is 0 Å².